The van der Waals surface area contributed by atoms with Gasteiger partial charge in [-0.05, 0) is 38.3 Å². The molecule has 1 heterocycles. The average Bonchev–Trinajstić information content (AvgIpc) is 2.56. The standard InChI is InChI=1S/C18H30N2O/c1-4-12-19-18(16-8-6-5-7-9-16)15(2)20-13-10-17(21-3)11-14-20/h5-9,15,17-19H,4,10-14H2,1-3H3. The summed E-state index contributed by atoms with van der Waals surface area (Å²) in [5.74, 6) is 0. The van der Waals surface area contributed by atoms with Crippen LogP contribution in [0.3, 0.4) is 0 Å². The first-order valence-corrected chi connectivity index (χ1v) is 8.31. The molecule has 2 rings (SSSR count). The molecule has 0 amide bonds. The topological polar surface area (TPSA) is 24.5 Å². The molecule has 0 aromatic heterocycles. The van der Waals surface area contributed by atoms with Gasteiger partial charge >= 0.3 is 0 Å². The van der Waals surface area contributed by atoms with E-state index in [0.717, 1.165) is 32.5 Å². The van der Waals surface area contributed by atoms with Gasteiger partial charge in [0.25, 0.3) is 0 Å². The molecule has 2 atom stereocenters. The normalized spacial score (nSPS) is 20.3. The van der Waals surface area contributed by atoms with Crippen molar-refractivity contribution in [3.8, 4) is 0 Å². The monoisotopic (exact) mass is 290 g/mol. The highest BCUT2D eigenvalue weighted by atomic mass is 16.5. The van der Waals surface area contributed by atoms with E-state index in [9.17, 15) is 0 Å². The number of hydrogen-bond acceptors (Lipinski definition) is 3. The fourth-order valence-electron chi connectivity index (χ4n) is 3.26. The predicted molar refractivity (Wildman–Crippen MR) is 88.5 cm³/mol. The van der Waals surface area contributed by atoms with Crippen LogP contribution in [0.25, 0.3) is 0 Å². The van der Waals surface area contributed by atoms with E-state index in [1.54, 1.807) is 0 Å². The van der Waals surface area contributed by atoms with Crippen molar-refractivity contribution in [2.24, 2.45) is 0 Å². The maximum Gasteiger partial charge on any atom is 0.0595 e. The Morgan fingerprint density at radius 3 is 2.48 bits per heavy atom. The van der Waals surface area contributed by atoms with Gasteiger partial charge in [-0.25, -0.2) is 0 Å². The lowest BCUT2D eigenvalue weighted by molar-refractivity contribution is 0.0237. The summed E-state index contributed by atoms with van der Waals surface area (Å²) in [5, 5.41) is 3.74. The zero-order valence-electron chi connectivity index (χ0n) is 13.7. The molecule has 0 aliphatic carbocycles. The van der Waals surface area contributed by atoms with Gasteiger partial charge in [-0.15, -0.1) is 0 Å². The van der Waals surface area contributed by atoms with Gasteiger partial charge < -0.3 is 10.1 Å². The fraction of sp³-hybridized carbons (Fsp3) is 0.667. The molecule has 0 saturated carbocycles. The van der Waals surface area contributed by atoms with Gasteiger partial charge in [0.2, 0.25) is 0 Å². The largest absolute Gasteiger partial charge is 0.381 e. The van der Waals surface area contributed by atoms with Gasteiger partial charge in [-0.1, -0.05) is 37.3 Å². The molecule has 1 fully saturated rings. The summed E-state index contributed by atoms with van der Waals surface area (Å²) in [5.41, 5.74) is 1.40. The summed E-state index contributed by atoms with van der Waals surface area (Å²) in [6, 6.07) is 11.8. The first-order valence-electron chi connectivity index (χ1n) is 8.31. The van der Waals surface area contributed by atoms with Crippen LogP contribution >= 0.6 is 0 Å². The van der Waals surface area contributed by atoms with Gasteiger partial charge in [-0.2, -0.15) is 0 Å². The molecular formula is C18H30N2O. The zero-order valence-corrected chi connectivity index (χ0v) is 13.7. The van der Waals surface area contributed by atoms with Crippen molar-refractivity contribution in [2.45, 2.75) is 51.3 Å². The van der Waals surface area contributed by atoms with E-state index in [1.165, 1.54) is 12.0 Å². The number of benzene rings is 1. The lowest BCUT2D eigenvalue weighted by Crippen LogP contribution is -2.47. The Bertz CT molecular complexity index is 387. The summed E-state index contributed by atoms with van der Waals surface area (Å²) in [4.78, 5) is 2.61. The van der Waals surface area contributed by atoms with Crippen LogP contribution in [0.15, 0.2) is 30.3 Å². The minimum Gasteiger partial charge on any atom is -0.381 e. The second kappa shape index (κ2) is 8.52. The van der Waals surface area contributed by atoms with Gasteiger partial charge in [-0.3, -0.25) is 4.90 Å². The first-order chi connectivity index (χ1) is 10.3. The van der Waals surface area contributed by atoms with Gasteiger partial charge in [0.1, 0.15) is 0 Å². The third kappa shape index (κ3) is 4.53. The van der Waals surface area contributed by atoms with Crippen LogP contribution in [0.5, 0.6) is 0 Å². The van der Waals surface area contributed by atoms with E-state index in [0.29, 0.717) is 18.2 Å². The van der Waals surface area contributed by atoms with Crippen molar-refractivity contribution >= 4 is 0 Å². The van der Waals surface area contributed by atoms with Crippen LogP contribution in [0.2, 0.25) is 0 Å². The van der Waals surface area contributed by atoms with E-state index >= 15 is 0 Å². The Kier molecular flexibility index (Phi) is 6.68. The molecule has 1 aliphatic heterocycles. The van der Waals surface area contributed by atoms with E-state index in [2.05, 4.69) is 54.4 Å². The Morgan fingerprint density at radius 1 is 1.24 bits per heavy atom. The number of methoxy groups -OCH3 is 1. The van der Waals surface area contributed by atoms with Crippen LogP contribution in [-0.2, 0) is 4.74 Å². The van der Waals surface area contributed by atoms with Crippen molar-refractivity contribution in [2.75, 3.05) is 26.7 Å². The highest BCUT2D eigenvalue weighted by molar-refractivity contribution is 5.20. The maximum atomic E-state index is 5.49. The predicted octanol–water partition coefficient (Wildman–Crippen LogP) is 3.23. The molecule has 1 aliphatic rings. The molecular weight excluding hydrogens is 260 g/mol. The number of piperidine rings is 1. The molecule has 1 N–H and O–H groups in total. The van der Waals surface area contributed by atoms with Gasteiger partial charge in [0, 0.05) is 32.3 Å². The summed E-state index contributed by atoms with van der Waals surface area (Å²) in [7, 11) is 1.83. The summed E-state index contributed by atoms with van der Waals surface area (Å²) < 4.78 is 5.49. The molecule has 1 aromatic carbocycles. The molecule has 118 valence electrons. The molecule has 0 spiro atoms. The minimum absolute atomic E-state index is 0.408. The van der Waals surface area contributed by atoms with Crippen LogP contribution in [0.4, 0.5) is 0 Å². The zero-order chi connectivity index (χ0) is 15.1. The van der Waals surface area contributed by atoms with E-state index in [4.69, 9.17) is 4.74 Å². The molecule has 2 unspecified atom stereocenters. The number of nitrogens with one attached hydrogen (secondary N) is 1. The Morgan fingerprint density at radius 2 is 1.90 bits per heavy atom. The maximum absolute atomic E-state index is 5.49. The summed E-state index contributed by atoms with van der Waals surface area (Å²) >= 11 is 0. The molecule has 0 bridgehead atoms. The molecule has 3 heteroatoms. The minimum atomic E-state index is 0.408. The lowest BCUT2D eigenvalue weighted by atomic mass is 9.96. The molecule has 21 heavy (non-hydrogen) atoms. The highest BCUT2D eigenvalue weighted by Crippen LogP contribution is 2.24. The molecule has 1 saturated heterocycles. The van der Waals surface area contributed by atoms with Crippen molar-refractivity contribution in [3.05, 3.63) is 35.9 Å². The highest BCUT2D eigenvalue weighted by Gasteiger charge is 2.28. The Labute approximate surface area is 129 Å². The third-order valence-corrected chi connectivity index (χ3v) is 4.64. The second-order valence-electron chi connectivity index (χ2n) is 6.05. The van der Waals surface area contributed by atoms with E-state index in [-0.39, 0.29) is 0 Å². The van der Waals surface area contributed by atoms with Crippen molar-refractivity contribution < 1.29 is 4.74 Å². The fourth-order valence-corrected chi connectivity index (χ4v) is 3.26. The quantitative estimate of drug-likeness (QED) is 0.834. The summed E-state index contributed by atoms with van der Waals surface area (Å²) in [6.07, 6.45) is 3.92. The van der Waals surface area contributed by atoms with Gasteiger partial charge in [0.05, 0.1) is 6.10 Å². The van der Waals surface area contributed by atoms with Crippen molar-refractivity contribution in [1.82, 2.24) is 10.2 Å². The van der Waals surface area contributed by atoms with Crippen LogP contribution in [0.1, 0.15) is 44.7 Å². The van der Waals surface area contributed by atoms with Gasteiger partial charge in [0.15, 0.2) is 0 Å². The number of ether oxygens (including phenoxy) is 1. The molecule has 1 aromatic rings. The van der Waals surface area contributed by atoms with Crippen molar-refractivity contribution in [3.63, 3.8) is 0 Å². The average molecular weight is 290 g/mol. The molecule has 3 nitrogen and oxygen atoms in total. The lowest BCUT2D eigenvalue weighted by Gasteiger charge is -2.39. The van der Waals surface area contributed by atoms with E-state index < -0.39 is 0 Å². The van der Waals surface area contributed by atoms with Crippen LogP contribution in [0, 0.1) is 0 Å². The Hall–Kier alpha value is -0.900. The number of rotatable bonds is 7. The van der Waals surface area contributed by atoms with E-state index in [1.807, 2.05) is 7.11 Å². The third-order valence-electron chi connectivity index (χ3n) is 4.64. The van der Waals surface area contributed by atoms with Crippen molar-refractivity contribution in [1.29, 1.82) is 0 Å². The van der Waals surface area contributed by atoms with Crippen LogP contribution < -0.4 is 5.32 Å². The Balaban J connectivity index is 2.02. The molecule has 0 radical (unpaired) electrons. The number of hydrogen-bond donors (Lipinski definition) is 1. The number of nitrogens with zero attached hydrogens (tertiary/aromatic N) is 1. The number of likely N-dealkylation sites (tertiary alicyclic amines) is 1. The summed E-state index contributed by atoms with van der Waals surface area (Å²) in [6.45, 7) is 7.92. The smallest absolute Gasteiger partial charge is 0.0595 e. The first kappa shape index (κ1) is 16.5. The van der Waals surface area contributed by atoms with Crippen LogP contribution in [-0.4, -0.2) is 43.8 Å². The second-order valence-corrected chi connectivity index (χ2v) is 6.05. The SMILES string of the molecule is CCCNC(c1ccccc1)C(C)N1CCC(OC)CC1.